The third-order valence-corrected chi connectivity index (χ3v) is 5.02. The summed E-state index contributed by atoms with van der Waals surface area (Å²) < 4.78 is 5.93. The van der Waals surface area contributed by atoms with E-state index in [0.29, 0.717) is 11.5 Å². The van der Waals surface area contributed by atoms with Gasteiger partial charge in [-0.05, 0) is 50.9 Å². The summed E-state index contributed by atoms with van der Waals surface area (Å²) in [6.07, 6.45) is 8.98. The normalized spacial score (nSPS) is 40.7. The van der Waals surface area contributed by atoms with Crippen LogP contribution in [-0.2, 0) is 4.74 Å². The van der Waals surface area contributed by atoms with Crippen molar-refractivity contribution in [3.8, 4) is 0 Å². The second-order valence-electron chi connectivity index (χ2n) is 7.47. The average molecular weight is 253 g/mol. The van der Waals surface area contributed by atoms with Crippen molar-refractivity contribution < 1.29 is 4.74 Å². The molecule has 18 heavy (non-hydrogen) atoms. The van der Waals surface area contributed by atoms with Crippen LogP contribution in [0.25, 0.3) is 0 Å². The first kappa shape index (κ1) is 14.3. The van der Waals surface area contributed by atoms with Crippen LogP contribution in [0, 0.1) is 5.41 Å². The van der Waals surface area contributed by atoms with Gasteiger partial charge in [-0.15, -0.1) is 0 Å². The SMILES string of the molecule is CCC1(C)CC(NC2CCCC(C)(C)C2)CCO1. The maximum atomic E-state index is 5.93. The Morgan fingerprint density at radius 3 is 2.50 bits per heavy atom. The van der Waals surface area contributed by atoms with Gasteiger partial charge in [0.1, 0.15) is 0 Å². The van der Waals surface area contributed by atoms with Gasteiger partial charge in [0.2, 0.25) is 0 Å². The third-order valence-electron chi connectivity index (χ3n) is 5.02. The van der Waals surface area contributed by atoms with Crippen LogP contribution in [0.5, 0.6) is 0 Å². The molecule has 106 valence electrons. The van der Waals surface area contributed by atoms with Gasteiger partial charge in [0, 0.05) is 18.7 Å². The van der Waals surface area contributed by atoms with Gasteiger partial charge >= 0.3 is 0 Å². The number of ether oxygens (including phenoxy) is 1. The van der Waals surface area contributed by atoms with Crippen molar-refractivity contribution >= 4 is 0 Å². The Labute approximate surface area is 113 Å². The maximum absolute atomic E-state index is 5.93. The van der Waals surface area contributed by atoms with E-state index in [9.17, 15) is 0 Å². The molecule has 3 unspecified atom stereocenters. The Kier molecular flexibility index (Phi) is 4.38. The van der Waals surface area contributed by atoms with Crippen molar-refractivity contribution in [3.05, 3.63) is 0 Å². The monoisotopic (exact) mass is 253 g/mol. The molecule has 1 saturated carbocycles. The van der Waals surface area contributed by atoms with E-state index < -0.39 is 0 Å². The molecule has 1 aliphatic carbocycles. The Bertz CT molecular complexity index is 276. The molecule has 2 rings (SSSR count). The molecule has 3 atom stereocenters. The topological polar surface area (TPSA) is 21.3 Å². The van der Waals surface area contributed by atoms with Crippen LogP contribution >= 0.6 is 0 Å². The minimum atomic E-state index is 0.111. The van der Waals surface area contributed by atoms with Gasteiger partial charge in [0.25, 0.3) is 0 Å². The fourth-order valence-corrected chi connectivity index (χ4v) is 3.69. The molecule has 0 aromatic heterocycles. The highest BCUT2D eigenvalue weighted by Crippen LogP contribution is 2.36. The highest BCUT2D eigenvalue weighted by Gasteiger charge is 2.34. The number of nitrogens with one attached hydrogen (secondary N) is 1. The van der Waals surface area contributed by atoms with E-state index in [1.54, 1.807) is 0 Å². The predicted molar refractivity (Wildman–Crippen MR) is 76.8 cm³/mol. The van der Waals surface area contributed by atoms with E-state index in [4.69, 9.17) is 4.74 Å². The van der Waals surface area contributed by atoms with Gasteiger partial charge in [-0.1, -0.05) is 27.2 Å². The molecule has 2 aliphatic rings. The van der Waals surface area contributed by atoms with Crippen molar-refractivity contribution in [3.63, 3.8) is 0 Å². The molecule has 1 saturated heterocycles. The minimum Gasteiger partial charge on any atom is -0.375 e. The molecule has 1 N–H and O–H groups in total. The molecule has 2 heteroatoms. The molecule has 2 nitrogen and oxygen atoms in total. The largest absolute Gasteiger partial charge is 0.375 e. The molecular formula is C16H31NO. The quantitative estimate of drug-likeness (QED) is 0.824. The summed E-state index contributed by atoms with van der Waals surface area (Å²) in [5, 5.41) is 3.92. The van der Waals surface area contributed by atoms with Gasteiger partial charge < -0.3 is 10.1 Å². The lowest BCUT2D eigenvalue weighted by Crippen LogP contribution is -2.49. The summed E-state index contributed by atoms with van der Waals surface area (Å²) in [6, 6.07) is 1.40. The molecule has 2 fully saturated rings. The van der Waals surface area contributed by atoms with Crippen molar-refractivity contribution in [2.24, 2.45) is 5.41 Å². The Balaban J connectivity index is 1.85. The van der Waals surface area contributed by atoms with Gasteiger partial charge in [0.15, 0.2) is 0 Å². The van der Waals surface area contributed by atoms with Crippen molar-refractivity contribution in [2.75, 3.05) is 6.61 Å². The summed E-state index contributed by atoms with van der Waals surface area (Å²) in [5.41, 5.74) is 0.648. The number of rotatable bonds is 3. The first-order chi connectivity index (χ1) is 8.42. The minimum absolute atomic E-state index is 0.111. The van der Waals surface area contributed by atoms with E-state index >= 15 is 0 Å². The van der Waals surface area contributed by atoms with Gasteiger partial charge in [0.05, 0.1) is 5.60 Å². The molecule has 0 radical (unpaired) electrons. The lowest BCUT2D eigenvalue weighted by molar-refractivity contribution is -0.0800. The molecule has 0 aromatic rings. The standard InChI is InChI=1S/C16H31NO/c1-5-16(4)12-14(8-10-18-16)17-13-7-6-9-15(2,3)11-13/h13-14,17H,5-12H2,1-4H3. The second kappa shape index (κ2) is 5.50. The Morgan fingerprint density at radius 1 is 1.11 bits per heavy atom. The van der Waals surface area contributed by atoms with Crippen LogP contribution in [0.3, 0.4) is 0 Å². The van der Waals surface area contributed by atoms with E-state index in [2.05, 4.69) is 33.0 Å². The van der Waals surface area contributed by atoms with E-state index in [1.807, 2.05) is 0 Å². The van der Waals surface area contributed by atoms with Crippen molar-refractivity contribution in [1.82, 2.24) is 5.32 Å². The molecular weight excluding hydrogens is 222 g/mol. The van der Waals surface area contributed by atoms with Crippen LogP contribution in [0.4, 0.5) is 0 Å². The molecule has 0 aromatic carbocycles. The van der Waals surface area contributed by atoms with Gasteiger partial charge in [-0.2, -0.15) is 0 Å². The van der Waals surface area contributed by atoms with E-state index in [1.165, 1.54) is 38.5 Å². The van der Waals surface area contributed by atoms with Crippen LogP contribution in [0.2, 0.25) is 0 Å². The summed E-state index contributed by atoms with van der Waals surface area (Å²) in [5.74, 6) is 0. The first-order valence-corrected chi connectivity index (χ1v) is 7.82. The lowest BCUT2D eigenvalue weighted by Gasteiger charge is -2.42. The average Bonchev–Trinajstić information content (AvgIpc) is 2.28. The summed E-state index contributed by atoms with van der Waals surface area (Å²) in [4.78, 5) is 0. The summed E-state index contributed by atoms with van der Waals surface area (Å²) >= 11 is 0. The fraction of sp³-hybridized carbons (Fsp3) is 1.00. The van der Waals surface area contributed by atoms with Crippen molar-refractivity contribution in [2.45, 2.75) is 90.3 Å². The van der Waals surface area contributed by atoms with Gasteiger partial charge in [-0.25, -0.2) is 0 Å². The van der Waals surface area contributed by atoms with E-state index in [-0.39, 0.29) is 5.60 Å². The zero-order valence-corrected chi connectivity index (χ0v) is 12.7. The van der Waals surface area contributed by atoms with Crippen molar-refractivity contribution in [1.29, 1.82) is 0 Å². The summed E-state index contributed by atoms with van der Waals surface area (Å²) in [6.45, 7) is 10.3. The van der Waals surface area contributed by atoms with E-state index in [0.717, 1.165) is 19.1 Å². The zero-order valence-electron chi connectivity index (χ0n) is 12.7. The number of hydrogen-bond donors (Lipinski definition) is 1. The third kappa shape index (κ3) is 3.71. The number of hydrogen-bond acceptors (Lipinski definition) is 2. The second-order valence-corrected chi connectivity index (χ2v) is 7.47. The Hall–Kier alpha value is -0.0800. The van der Waals surface area contributed by atoms with Crippen LogP contribution in [0.1, 0.15) is 72.6 Å². The Morgan fingerprint density at radius 2 is 1.83 bits per heavy atom. The predicted octanol–water partition coefficient (Wildman–Crippen LogP) is 3.89. The highest BCUT2D eigenvalue weighted by molar-refractivity contribution is 4.90. The molecule has 0 bridgehead atoms. The molecule has 0 spiro atoms. The highest BCUT2D eigenvalue weighted by atomic mass is 16.5. The summed E-state index contributed by atoms with van der Waals surface area (Å²) in [7, 11) is 0. The first-order valence-electron chi connectivity index (χ1n) is 7.82. The fourth-order valence-electron chi connectivity index (χ4n) is 3.69. The molecule has 1 heterocycles. The molecule has 1 aliphatic heterocycles. The zero-order chi connectivity index (χ0) is 13.2. The molecule has 0 amide bonds. The van der Waals surface area contributed by atoms with Crippen LogP contribution in [-0.4, -0.2) is 24.3 Å². The van der Waals surface area contributed by atoms with Gasteiger partial charge in [-0.3, -0.25) is 0 Å². The van der Waals surface area contributed by atoms with Crippen LogP contribution in [0.15, 0.2) is 0 Å². The van der Waals surface area contributed by atoms with Crippen LogP contribution < -0.4 is 5.32 Å². The lowest BCUT2D eigenvalue weighted by atomic mass is 9.74. The smallest absolute Gasteiger partial charge is 0.0666 e. The maximum Gasteiger partial charge on any atom is 0.0666 e.